The van der Waals surface area contributed by atoms with E-state index in [0.29, 0.717) is 5.92 Å². The average molecular weight is 143 g/mol. The van der Waals surface area contributed by atoms with Crippen molar-refractivity contribution in [2.75, 3.05) is 6.61 Å². The molecule has 0 heterocycles. The van der Waals surface area contributed by atoms with E-state index < -0.39 is 0 Å². The molecule has 0 bridgehead atoms. The molecule has 0 aromatic rings. The molecule has 0 spiro atoms. The van der Waals surface area contributed by atoms with Crippen molar-refractivity contribution in [2.45, 2.75) is 38.1 Å². The second kappa shape index (κ2) is 2.89. The summed E-state index contributed by atoms with van der Waals surface area (Å²) in [6, 6.07) is 0. The zero-order valence-electron chi connectivity index (χ0n) is 6.64. The number of aliphatic hydroxyl groups is 1. The molecule has 1 rings (SSSR count). The second-order valence-electron chi connectivity index (χ2n) is 3.63. The fourth-order valence-electron chi connectivity index (χ4n) is 1.73. The number of rotatable bonds is 1. The van der Waals surface area contributed by atoms with Crippen LogP contribution in [0.25, 0.3) is 0 Å². The molecule has 2 heteroatoms. The molecule has 2 nitrogen and oxygen atoms in total. The summed E-state index contributed by atoms with van der Waals surface area (Å²) in [6.45, 7) is 2.31. The molecule has 1 aliphatic carbocycles. The molecule has 0 aromatic heterocycles. The van der Waals surface area contributed by atoms with Gasteiger partial charge in [-0.3, -0.25) is 0 Å². The maximum Gasteiger partial charge on any atom is 0.0476 e. The van der Waals surface area contributed by atoms with Gasteiger partial charge in [0.25, 0.3) is 0 Å². The van der Waals surface area contributed by atoms with Gasteiger partial charge >= 0.3 is 0 Å². The van der Waals surface area contributed by atoms with Crippen LogP contribution in [-0.2, 0) is 0 Å². The maximum atomic E-state index is 8.95. The summed E-state index contributed by atoms with van der Waals surface area (Å²) in [5.74, 6) is 0.334. The molecule has 0 amide bonds. The van der Waals surface area contributed by atoms with E-state index in [4.69, 9.17) is 10.8 Å². The molecule has 0 aliphatic heterocycles. The van der Waals surface area contributed by atoms with E-state index >= 15 is 0 Å². The van der Waals surface area contributed by atoms with Crippen molar-refractivity contribution in [1.82, 2.24) is 0 Å². The highest BCUT2D eigenvalue weighted by Crippen LogP contribution is 2.30. The maximum absolute atomic E-state index is 8.95. The predicted molar refractivity (Wildman–Crippen MR) is 41.6 cm³/mol. The summed E-state index contributed by atoms with van der Waals surface area (Å²) in [6.07, 6.45) is 4.63. The molecule has 3 N–H and O–H groups in total. The third-order valence-electron chi connectivity index (χ3n) is 2.67. The van der Waals surface area contributed by atoms with Crippen LogP contribution in [0.15, 0.2) is 0 Å². The quantitative estimate of drug-likeness (QED) is 0.572. The minimum atomic E-state index is -0.104. The fraction of sp³-hybridized carbons (Fsp3) is 1.00. The molecule has 0 saturated heterocycles. The van der Waals surface area contributed by atoms with Crippen LogP contribution in [0.5, 0.6) is 0 Å². The highest BCUT2D eigenvalue weighted by atomic mass is 16.3. The van der Waals surface area contributed by atoms with Crippen molar-refractivity contribution in [2.24, 2.45) is 11.7 Å². The standard InChI is InChI=1S/C8H17NO/c1-8(9)5-3-2-4-7(8)6-10/h7,10H,2-6,9H2,1H3/t7-,8-/m0/s1. The summed E-state index contributed by atoms with van der Waals surface area (Å²) in [5.41, 5.74) is 5.87. The minimum absolute atomic E-state index is 0.104. The first-order valence-electron chi connectivity index (χ1n) is 4.06. The molecule has 1 aliphatic rings. The average Bonchev–Trinajstić information content (AvgIpc) is 1.87. The van der Waals surface area contributed by atoms with Crippen molar-refractivity contribution in [3.8, 4) is 0 Å². The van der Waals surface area contributed by atoms with Gasteiger partial charge in [-0.25, -0.2) is 0 Å². The molecular weight excluding hydrogens is 126 g/mol. The monoisotopic (exact) mass is 143 g/mol. The van der Waals surface area contributed by atoms with Gasteiger partial charge in [-0.15, -0.1) is 0 Å². The van der Waals surface area contributed by atoms with Crippen LogP contribution in [0.1, 0.15) is 32.6 Å². The molecule has 60 valence electrons. The summed E-state index contributed by atoms with van der Waals surface area (Å²) in [7, 11) is 0. The van der Waals surface area contributed by atoms with E-state index in [0.717, 1.165) is 12.8 Å². The van der Waals surface area contributed by atoms with E-state index in [1.165, 1.54) is 12.8 Å². The Morgan fingerprint density at radius 1 is 1.60 bits per heavy atom. The molecule has 2 atom stereocenters. The van der Waals surface area contributed by atoms with Gasteiger partial charge in [0, 0.05) is 12.1 Å². The van der Waals surface area contributed by atoms with E-state index in [-0.39, 0.29) is 12.1 Å². The lowest BCUT2D eigenvalue weighted by Gasteiger charge is -2.37. The van der Waals surface area contributed by atoms with Crippen molar-refractivity contribution >= 4 is 0 Å². The molecule has 10 heavy (non-hydrogen) atoms. The van der Waals surface area contributed by atoms with Crippen LogP contribution >= 0.6 is 0 Å². The van der Waals surface area contributed by atoms with Crippen LogP contribution in [-0.4, -0.2) is 17.3 Å². The lowest BCUT2D eigenvalue weighted by atomic mass is 9.75. The predicted octanol–water partition coefficient (Wildman–Crippen LogP) is 0.886. The molecule has 0 unspecified atom stereocenters. The van der Waals surface area contributed by atoms with Crippen molar-refractivity contribution in [3.05, 3.63) is 0 Å². The van der Waals surface area contributed by atoms with E-state index in [9.17, 15) is 0 Å². The van der Waals surface area contributed by atoms with Crippen molar-refractivity contribution in [1.29, 1.82) is 0 Å². The third kappa shape index (κ3) is 1.50. The number of hydrogen-bond donors (Lipinski definition) is 2. The van der Waals surface area contributed by atoms with Crippen LogP contribution in [0.2, 0.25) is 0 Å². The highest BCUT2D eigenvalue weighted by molar-refractivity contribution is 4.89. The largest absolute Gasteiger partial charge is 0.396 e. The number of aliphatic hydroxyl groups excluding tert-OH is 1. The zero-order valence-corrected chi connectivity index (χ0v) is 6.64. The molecule has 0 aromatic carbocycles. The normalized spacial score (nSPS) is 41.7. The highest BCUT2D eigenvalue weighted by Gasteiger charge is 2.31. The second-order valence-corrected chi connectivity index (χ2v) is 3.63. The number of hydrogen-bond acceptors (Lipinski definition) is 2. The van der Waals surface area contributed by atoms with Gasteiger partial charge < -0.3 is 10.8 Å². The van der Waals surface area contributed by atoms with Gasteiger partial charge in [-0.05, 0) is 25.7 Å². The number of nitrogens with two attached hydrogens (primary N) is 1. The molecule has 1 fully saturated rings. The Morgan fingerprint density at radius 3 is 2.70 bits per heavy atom. The van der Waals surface area contributed by atoms with Gasteiger partial charge in [0.1, 0.15) is 0 Å². The van der Waals surface area contributed by atoms with E-state index in [1.807, 2.05) is 6.92 Å². The van der Waals surface area contributed by atoms with Gasteiger partial charge in [-0.1, -0.05) is 12.8 Å². The Kier molecular flexibility index (Phi) is 2.32. The Bertz CT molecular complexity index is 112. The fourth-order valence-corrected chi connectivity index (χ4v) is 1.73. The summed E-state index contributed by atoms with van der Waals surface area (Å²) >= 11 is 0. The molecular formula is C8H17NO. The van der Waals surface area contributed by atoms with Crippen LogP contribution < -0.4 is 5.73 Å². The Hall–Kier alpha value is -0.0800. The smallest absolute Gasteiger partial charge is 0.0476 e. The van der Waals surface area contributed by atoms with Crippen molar-refractivity contribution < 1.29 is 5.11 Å². The summed E-state index contributed by atoms with van der Waals surface area (Å²) in [5, 5.41) is 8.95. The van der Waals surface area contributed by atoms with Gasteiger partial charge in [0.2, 0.25) is 0 Å². The SMILES string of the molecule is C[C@]1(N)CCCC[C@H]1CO. The topological polar surface area (TPSA) is 46.2 Å². The van der Waals surface area contributed by atoms with Crippen LogP contribution in [0, 0.1) is 5.92 Å². The van der Waals surface area contributed by atoms with Gasteiger partial charge in [-0.2, -0.15) is 0 Å². The van der Waals surface area contributed by atoms with E-state index in [1.54, 1.807) is 0 Å². The minimum Gasteiger partial charge on any atom is -0.396 e. The van der Waals surface area contributed by atoms with Crippen LogP contribution in [0.4, 0.5) is 0 Å². The lowest BCUT2D eigenvalue weighted by Crippen LogP contribution is -2.47. The first-order chi connectivity index (χ1) is 4.67. The van der Waals surface area contributed by atoms with Gasteiger partial charge in [0.05, 0.1) is 0 Å². The molecule has 0 radical (unpaired) electrons. The van der Waals surface area contributed by atoms with Crippen LogP contribution in [0.3, 0.4) is 0 Å². The van der Waals surface area contributed by atoms with E-state index in [2.05, 4.69) is 0 Å². The zero-order chi connectivity index (χ0) is 7.61. The Balaban J connectivity index is 2.51. The lowest BCUT2D eigenvalue weighted by molar-refractivity contribution is 0.120. The Labute approximate surface area is 62.4 Å². The van der Waals surface area contributed by atoms with Crippen molar-refractivity contribution in [3.63, 3.8) is 0 Å². The first kappa shape index (κ1) is 8.02. The Morgan fingerprint density at radius 2 is 2.30 bits per heavy atom. The third-order valence-corrected chi connectivity index (χ3v) is 2.67. The van der Waals surface area contributed by atoms with Gasteiger partial charge in [0.15, 0.2) is 0 Å². The first-order valence-corrected chi connectivity index (χ1v) is 4.06. The summed E-state index contributed by atoms with van der Waals surface area (Å²) < 4.78 is 0. The summed E-state index contributed by atoms with van der Waals surface area (Å²) in [4.78, 5) is 0. The molecule has 1 saturated carbocycles.